The van der Waals surface area contributed by atoms with Crippen LogP contribution in [0.2, 0.25) is 0 Å². The van der Waals surface area contributed by atoms with Gasteiger partial charge in [-0.15, -0.1) is 11.3 Å². The standard InChI is InChI=1S/C17H18N2OS/c1-13-5-2-3-6-14(13)8-10-19-17(20)15-11-16(21-12-15)7-4-9-18/h2-3,5-6,11-12H,8-10,18H2,1H3,(H,19,20). The van der Waals surface area contributed by atoms with E-state index in [2.05, 4.69) is 36.2 Å². The van der Waals surface area contributed by atoms with E-state index in [0.29, 0.717) is 18.7 Å². The maximum absolute atomic E-state index is 12.0. The van der Waals surface area contributed by atoms with E-state index in [0.717, 1.165) is 11.3 Å². The Balaban J connectivity index is 1.87. The number of nitrogens with two attached hydrogens (primary N) is 1. The number of benzene rings is 1. The average Bonchev–Trinajstić information content (AvgIpc) is 2.96. The molecule has 108 valence electrons. The van der Waals surface area contributed by atoms with Gasteiger partial charge in [0.15, 0.2) is 0 Å². The van der Waals surface area contributed by atoms with E-state index in [1.807, 2.05) is 17.5 Å². The van der Waals surface area contributed by atoms with Gasteiger partial charge < -0.3 is 11.1 Å². The highest BCUT2D eigenvalue weighted by Crippen LogP contribution is 2.13. The Morgan fingerprint density at radius 1 is 1.38 bits per heavy atom. The van der Waals surface area contributed by atoms with Gasteiger partial charge in [0.1, 0.15) is 0 Å². The Kier molecular flexibility index (Phi) is 5.56. The maximum atomic E-state index is 12.0. The first-order valence-corrected chi connectivity index (χ1v) is 7.69. The highest BCUT2D eigenvalue weighted by molar-refractivity contribution is 7.10. The van der Waals surface area contributed by atoms with Gasteiger partial charge in [-0.1, -0.05) is 36.1 Å². The molecule has 0 unspecified atom stereocenters. The zero-order valence-electron chi connectivity index (χ0n) is 12.0. The maximum Gasteiger partial charge on any atom is 0.252 e. The predicted octanol–water partition coefficient (Wildman–Crippen LogP) is 2.34. The normalized spacial score (nSPS) is 9.81. The lowest BCUT2D eigenvalue weighted by Gasteiger charge is -2.06. The summed E-state index contributed by atoms with van der Waals surface area (Å²) in [7, 11) is 0. The highest BCUT2D eigenvalue weighted by atomic mass is 32.1. The van der Waals surface area contributed by atoms with Crippen molar-refractivity contribution in [2.24, 2.45) is 5.73 Å². The SMILES string of the molecule is Cc1ccccc1CCNC(=O)c1csc(C#CCN)c1. The third-order valence-electron chi connectivity index (χ3n) is 3.12. The van der Waals surface area contributed by atoms with Gasteiger partial charge in [-0.3, -0.25) is 4.79 Å². The fourth-order valence-electron chi connectivity index (χ4n) is 1.96. The Morgan fingerprint density at radius 3 is 2.95 bits per heavy atom. The van der Waals surface area contributed by atoms with E-state index in [4.69, 9.17) is 5.73 Å². The molecule has 0 bridgehead atoms. The van der Waals surface area contributed by atoms with Crippen molar-refractivity contribution in [1.29, 1.82) is 0 Å². The topological polar surface area (TPSA) is 55.1 Å². The van der Waals surface area contributed by atoms with E-state index in [1.165, 1.54) is 22.5 Å². The number of amides is 1. The largest absolute Gasteiger partial charge is 0.352 e. The van der Waals surface area contributed by atoms with Crippen LogP contribution in [0.25, 0.3) is 0 Å². The fraction of sp³-hybridized carbons (Fsp3) is 0.235. The lowest BCUT2D eigenvalue weighted by Crippen LogP contribution is -2.25. The molecule has 3 N–H and O–H groups in total. The summed E-state index contributed by atoms with van der Waals surface area (Å²) in [6, 6.07) is 10.0. The summed E-state index contributed by atoms with van der Waals surface area (Å²) in [5.74, 6) is 5.66. The van der Waals surface area contributed by atoms with Crippen LogP contribution in [-0.4, -0.2) is 19.0 Å². The van der Waals surface area contributed by atoms with Crippen LogP contribution < -0.4 is 11.1 Å². The summed E-state index contributed by atoms with van der Waals surface area (Å²) in [5, 5.41) is 4.76. The molecule has 0 radical (unpaired) electrons. The van der Waals surface area contributed by atoms with Gasteiger partial charge in [0.2, 0.25) is 0 Å². The molecule has 1 aromatic heterocycles. The van der Waals surface area contributed by atoms with E-state index in [9.17, 15) is 4.79 Å². The molecule has 2 rings (SSSR count). The highest BCUT2D eigenvalue weighted by Gasteiger charge is 2.07. The second kappa shape index (κ2) is 7.63. The van der Waals surface area contributed by atoms with Crippen molar-refractivity contribution >= 4 is 17.2 Å². The van der Waals surface area contributed by atoms with Crippen molar-refractivity contribution in [2.45, 2.75) is 13.3 Å². The third kappa shape index (κ3) is 4.45. The van der Waals surface area contributed by atoms with E-state index < -0.39 is 0 Å². The molecule has 0 saturated carbocycles. The van der Waals surface area contributed by atoms with Crippen LogP contribution in [0.4, 0.5) is 0 Å². The van der Waals surface area contributed by atoms with Crippen LogP contribution in [0.5, 0.6) is 0 Å². The summed E-state index contributed by atoms with van der Waals surface area (Å²) < 4.78 is 0. The molecule has 4 heteroatoms. The van der Waals surface area contributed by atoms with E-state index >= 15 is 0 Å². The molecule has 1 amide bonds. The van der Waals surface area contributed by atoms with Crippen molar-refractivity contribution in [3.63, 3.8) is 0 Å². The number of carbonyl (C=O) groups is 1. The molecule has 0 aliphatic heterocycles. The first-order valence-electron chi connectivity index (χ1n) is 6.81. The lowest BCUT2D eigenvalue weighted by atomic mass is 10.1. The van der Waals surface area contributed by atoms with Crippen molar-refractivity contribution in [1.82, 2.24) is 5.32 Å². The van der Waals surface area contributed by atoms with Gasteiger partial charge >= 0.3 is 0 Å². The molecule has 2 aromatic rings. The van der Waals surface area contributed by atoms with Crippen LogP contribution in [0.15, 0.2) is 35.7 Å². The molecule has 0 saturated heterocycles. The van der Waals surface area contributed by atoms with Crippen LogP contribution >= 0.6 is 11.3 Å². The zero-order chi connectivity index (χ0) is 15.1. The van der Waals surface area contributed by atoms with Crippen molar-refractivity contribution in [3.05, 3.63) is 57.3 Å². The molecule has 0 aliphatic rings. The molecule has 1 heterocycles. The summed E-state index contributed by atoms with van der Waals surface area (Å²) >= 11 is 1.46. The van der Waals surface area contributed by atoms with Crippen molar-refractivity contribution in [3.8, 4) is 11.8 Å². The minimum Gasteiger partial charge on any atom is -0.352 e. The summed E-state index contributed by atoms with van der Waals surface area (Å²) in [6.45, 7) is 3.04. The Labute approximate surface area is 129 Å². The molecule has 0 atom stereocenters. The third-order valence-corrected chi connectivity index (χ3v) is 3.96. The summed E-state index contributed by atoms with van der Waals surface area (Å²) in [5.41, 5.74) is 8.50. The van der Waals surface area contributed by atoms with Crippen LogP contribution in [0.3, 0.4) is 0 Å². The molecule has 3 nitrogen and oxygen atoms in total. The van der Waals surface area contributed by atoms with Gasteiger partial charge in [-0.05, 0) is 30.5 Å². The van der Waals surface area contributed by atoms with Gasteiger partial charge in [-0.25, -0.2) is 0 Å². The van der Waals surface area contributed by atoms with Crippen LogP contribution in [0, 0.1) is 18.8 Å². The Bertz CT molecular complexity index is 679. The fourth-order valence-corrected chi connectivity index (χ4v) is 2.72. The molecule has 0 spiro atoms. The molecule has 21 heavy (non-hydrogen) atoms. The molecule has 0 aliphatic carbocycles. The molecule has 1 aromatic carbocycles. The number of hydrogen-bond donors (Lipinski definition) is 2. The van der Waals surface area contributed by atoms with E-state index in [1.54, 1.807) is 6.07 Å². The number of nitrogens with one attached hydrogen (secondary N) is 1. The van der Waals surface area contributed by atoms with Gasteiger partial charge in [0, 0.05) is 11.9 Å². The number of aryl methyl sites for hydroxylation is 1. The average molecular weight is 298 g/mol. The zero-order valence-corrected chi connectivity index (χ0v) is 12.8. The molecular weight excluding hydrogens is 280 g/mol. The van der Waals surface area contributed by atoms with Crippen molar-refractivity contribution < 1.29 is 4.79 Å². The first-order chi connectivity index (χ1) is 10.2. The van der Waals surface area contributed by atoms with Gasteiger partial charge in [0.05, 0.1) is 17.0 Å². The number of rotatable bonds is 4. The van der Waals surface area contributed by atoms with Gasteiger partial charge in [-0.2, -0.15) is 0 Å². The van der Waals surface area contributed by atoms with Crippen molar-refractivity contribution in [2.75, 3.05) is 13.1 Å². The number of thiophene rings is 1. The second-order valence-electron chi connectivity index (χ2n) is 4.64. The monoisotopic (exact) mass is 298 g/mol. The smallest absolute Gasteiger partial charge is 0.252 e. The Hall–Kier alpha value is -2.09. The first kappa shape index (κ1) is 15.3. The Morgan fingerprint density at radius 2 is 2.19 bits per heavy atom. The minimum atomic E-state index is -0.0550. The quantitative estimate of drug-likeness (QED) is 0.851. The second-order valence-corrected chi connectivity index (χ2v) is 5.55. The van der Waals surface area contributed by atoms with Gasteiger partial charge in [0.25, 0.3) is 5.91 Å². The number of hydrogen-bond acceptors (Lipinski definition) is 3. The number of carbonyl (C=O) groups excluding carboxylic acids is 1. The predicted molar refractivity (Wildman–Crippen MR) is 87.5 cm³/mol. The summed E-state index contributed by atoms with van der Waals surface area (Å²) in [6.07, 6.45) is 0.836. The van der Waals surface area contributed by atoms with Crippen LogP contribution in [0.1, 0.15) is 26.4 Å². The summed E-state index contributed by atoms with van der Waals surface area (Å²) in [4.78, 5) is 12.9. The van der Waals surface area contributed by atoms with Crippen LogP contribution in [-0.2, 0) is 6.42 Å². The minimum absolute atomic E-state index is 0.0550. The molecule has 0 fully saturated rings. The lowest BCUT2D eigenvalue weighted by molar-refractivity contribution is 0.0954. The molecular formula is C17H18N2OS. The van der Waals surface area contributed by atoms with E-state index in [-0.39, 0.29) is 5.91 Å².